The Bertz CT molecular complexity index is 323. The average molecular weight is 180 g/mol. The highest BCUT2D eigenvalue weighted by atomic mass is 16.5. The maximum absolute atomic E-state index is 7.73. The van der Waals surface area contributed by atoms with Crippen molar-refractivity contribution in [3.05, 3.63) is 35.4 Å². The van der Waals surface area contributed by atoms with Gasteiger partial charge < -0.3 is 10.5 Å². The van der Waals surface area contributed by atoms with Crippen LogP contribution in [-0.4, -0.2) is 7.11 Å². The van der Waals surface area contributed by atoms with Crippen LogP contribution in [0.2, 0.25) is 0 Å². The van der Waals surface area contributed by atoms with Crippen LogP contribution < -0.4 is 5.73 Å². The Morgan fingerprint density at radius 3 is 2.62 bits per heavy atom. The second kappa shape index (κ2) is 3.90. The van der Waals surface area contributed by atoms with Crippen LogP contribution in [0, 0.1) is 0 Å². The minimum atomic E-state index is -0.344. The molecule has 0 aromatic heterocycles. The van der Waals surface area contributed by atoms with Crippen molar-refractivity contribution in [1.29, 1.82) is 0 Å². The van der Waals surface area contributed by atoms with E-state index in [0.29, 0.717) is 12.6 Å². The zero-order chi connectivity index (χ0) is 10.8. The molecule has 0 aliphatic rings. The van der Waals surface area contributed by atoms with E-state index in [9.17, 15) is 0 Å². The first-order valence-corrected chi connectivity index (χ1v) is 4.36. The molecule has 0 atom stereocenters. The number of methoxy groups -OCH3 is 1. The van der Waals surface area contributed by atoms with Crippen molar-refractivity contribution in [1.82, 2.24) is 0 Å². The Kier molecular flexibility index (Phi) is 2.62. The summed E-state index contributed by atoms with van der Waals surface area (Å²) in [5.74, 6) is 0. The lowest BCUT2D eigenvalue weighted by atomic mass is 9.97. The second-order valence-electron chi connectivity index (χ2n) is 3.52. The smallest absolute Gasteiger partial charge is 0.0871 e. The lowest BCUT2D eigenvalue weighted by molar-refractivity contribution is 0.0192. The Labute approximate surface area is 81.1 Å². The summed E-state index contributed by atoms with van der Waals surface area (Å²) in [6.07, 6.45) is 0. The average Bonchev–Trinajstić information content (AvgIpc) is 2.17. The predicted octanol–water partition coefficient (Wildman–Crippen LogP) is 2.03. The van der Waals surface area contributed by atoms with Gasteiger partial charge in [-0.15, -0.1) is 0 Å². The van der Waals surface area contributed by atoms with E-state index < -0.39 is 0 Å². The molecule has 1 aromatic carbocycles. The molecule has 0 saturated heterocycles. The molecule has 0 bridgehead atoms. The third-order valence-corrected chi connectivity index (χ3v) is 2.30. The van der Waals surface area contributed by atoms with E-state index in [4.69, 9.17) is 11.8 Å². The summed E-state index contributed by atoms with van der Waals surface area (Å²) in [5, 5.41) is 0. The second-order valence-corrected chi connectivity index (χ2v) is 3.52. The molecule has 2 N–H and O–H groups in total. The first kappa shape index (κ1) is 8.73. The summed E-state index contributed by atoms with van der Waals surface area (Å²) in [6, 6.07) is 6.14. The number of ether oxygens (including phenoxy) is 1. The van der Waals surface area contributed by atoms with Crippen LogP contribution >= 0.6 is 0 Å². The molecule has 13 heavy (non-hydrogen) atoms. The van der Waals surface area contributed by atoms with Gasteiger partial charge in [-0.2, -0.15) is 0 Å². The van der Waals surface area contributed by atoms with Crippen LogP contribution in [0.1, 0.15) is 26.3 Å². The van der Waals surface area contributed by atoms with Crippen LogP contribution in [0.4, 0.5) is 0 Å². The van der Waals surface area contributed by atoms with Crippen LogP contribution in [0.5, 0.6) is 0 Å². The number of hydrogen-bond acceptors (Lipinski definition) is 2. The van der Waals surface area contributed by atoms with Gasteiger partial charge in [-0.25, -0.2) is 0 Å². The third-order valence-electron chi connectivity index (χ3n) is 2.30. The van der Waals surface area contributed by atoms with E-state index in [1.54, 1.807) is 7.11 Å². The zero-order valence-electron chi connectivity index (χ0n) is 9.42. The Morgan fingerprint density at radius 1 is 1.46 bits per heavy atom. The maximum atomic E-state index is 7.73. The largest absolute Gasteiger partial charge is 0.374 e. The summed E-state index contributed by atoms with van der Waals surface area (Å²) < 4.78 is 13.1. The van der Waals surface area contributed by atoms with Crippen LogP contribution in [0.15, 0.2) is 24.2 Å². The van der Waals surface area contributed by atoms with Gasteiger partial charge in [0.25, 0.3) is 0 Å². The molecule has 1 rings (SSSR count). The van der Waals surface area contributed by atoms with Crippen molar-refractivity contribution in [2.75, 3.05) is 7.11 Å². The lowest BCUT2D eigenvalue weighted by Crippen LogP contribution is -2.19. The fourth-order valence-corrected chi connectivity index (χ4v) is 1.08. The fraction of sp³-hybridized carbons (Fsp3) is 0.455. The molecule has 1 aromatic rings. The maximum Gasteiger partial charge on any atom is 0.0871 e. The normalized spacial score (nSPS) is 12.8. The molecule has 0 aliphatic carbocycles. The minimum Gasteiger partial charge on any atom is -0.374 e. The molecule has 2 heteroatoms. The van der Waals surface area contributed by atoms with E-state index in [0.717, 1.165) is 11.1 Å². The van der Waals surface area contributed by atoms with Crippen molar-refractivity contribution in [3.63, 3.8) is 0 Å². The Balaban J connectivity index is 3.08. The highest BCUT2D eigenvalue weighted by Gasteiger charge is 2.18. The van der Waals surface area contributed by atoms with Crippen molar-refractivity contribution in [2.24, 2.45) is 5.73 Å². The number of hydrogen-bond donors (Lipinski definition) is 1. The lowest BCUT2D eigenvalue weighted by Gasteiger charge is -2.23. The van der Waals surface area contributed by atoms with Gasteiger partial charge in [0.1, 0.15) is 0 Å². The number of nitrogens with two attached hydrogens (primary N) is 1. The molecule has 0 saturated carbocycles. The Morgan fingerprint density at radius 2 is 2.15 bits per heavy atom. The zero-order valence-corrected chi connectivity index (χ0v) is 8.42. The van der Waals surface area contributed by atoms with Gasteiger partial charge in [-0.3, -0.25) is 0 Å². The third kappa shape index (κ3) is 2.29. The number of rotatable bonds is 3. The van der Waals surface area contributed by atoms with E-state index in [1.807, 2.05) is 32.0 Å². The predicted molar refractivity (Wildman–Crippen MR) is 54.4 cm³/mol. The molecule has 0 radical (unpaired) electrons. The topological polar surface area (TPSA) is 35.2 Å². The summed E-state index contributed by atoms with van der Waals surface area (Å²) in [7, 11) is 1.67. The number of benzene rings is 1. The molecule has 72 valence electrons. The van der Waals surface area contributed by atoms with E-state index in [1.165, 1.54) is 0 Å². The van der Waals surface area contributed by atoms with Gasteiger partial charge in [0.2, 0.25) is 0 Å². The van der Waals surface area contributed by atoms with Gasteiger partial charge in [0, 0.05) is 13.7 Å². The van der Waals surface area contributed by atoms with E-state index in [2.05, 4.69) is 0 Å². The van der Waals surface area contributed by atoms with Crippen LogP contribution in [0.3, 0.4) is 0 Å². The standard InChI is InChI=1S/C11H17NO/c1-11(2,13-3)10-6-4-9(8-12)5-7-10/h4-7H,8,12H2,1-3H3/i4D. The summed E-state index contributed by atoms with van der Waals surface area (Å²) >= 11 is 0. The van der Waals surface area contributed by atoms with Gasteiger partial charge in [0.05, 0.1) is 6.97 Å². The fourth-order valence-electron chi connectivity index (χ4n) is 1.08. The minimum absolute atomic E-state index is 0.344. The first-order chi connectivity index (χ1) is 6.51. The highest BCUT2D eigenvalue weighted by Crippen LogP contribution is 2.23. The van der Waals surface area contributed by atoms with Crippen molar-refractivity contribution < 1.29 is 6.11 Å². The SMILES string of the molecule is [2H]c1cc(C(C)(C)OC)ccc1CN. The molecular weight excluding hydrogens is 162 g/mol. The van der Waals surface area contributed by atoms with Crippen molar-refractivity contribution in [2.45, 2.75) is 26.0 Å². The van der Waals surface area contributed by atoms with Crippen molar-refractivity contribution >= 4 is 0 Å². The Hall–Kier alpha value is -0.860. The summed E-state index contributed by atoms with van der Waals surface area (Å²) in [4.78, 5) is 0. The molecule has 0 spiro atoms. The van der Waals surface area contributed by atoms with Gasteiger partial charge >= 0.3 is 0 Å². The quantitative estimate of drug-likeness (QED) is 0.772. The molecular formula is C11H17NO. The highest BCUT2D eigenvalue weighted by molar-refractivity contribution is 5.26. The van der Waals surface area contributed by atoms with Crippen LogP contribution in [-0.2, 0) is 16.9 Å². The van der Waals surface area contributed by atoms with Gasteiger partial charge in [-0.05, 0) is 25.0 Å². The molecule has 0 aliphatic heterocycles. The molecule has 0 heterocycles. The van der Waals surface area contributed by atoms with Gasteiger partial charge in [-0.1, -0.05) is 24.2 Å². The molecule has 0 fully saturated rings. The first-order valence-electron chi connectivity index (χ1n) is 4.86. The van der Waals surface area contributed by atoms with E-state index >= 15 is 0 Å². The molecule has 0 unspecified atom stereocenters. The van der Waals surface area contributed by atoms with Gasteiger partial charge in [0.15, 0.2) is 0 Å². The molecule has 2 nitrogen and oxygen atoms in total. The monoisotopic (exact) mass is 180 g/mol. The van der Waals surface area contributed by atoms with E-state index in [-0.39, 0.29) is 5.60 Å². The van der Waals surface area contributed by atoms with Crippen molar-refractivity contribution in [3.8, 4) is 0 Å². The van der Waals surface area contributed by atoms with Crippen LogP contribution in [0.25, 0.3) is 0 Å². The molecule has 0 amide bonds. The summed E-state index contributed by atoms with van der Waals surface area (Å²) in [6.45, 7) is 4.36. The summed E-state index contributed by atoms with van der Waals surface area (Å²) in [5.41, 5.74) is 7.01.